The van der Waals surface area contributed by atoms with Crippen molar-refractivity contribution in [1.82, 2.24) is 24.6 Å². The number of nitrogens with zero attached hydrogens (tertiary/aromatic N) is 5. The van der Waals surface area contributed by atoms with Gasteiger partial charge in [0.05, 0.1) is 21.9 Å². The van der Waals surface area contributed by atoms with Crippen LogP contribution >= 0.6 is 11.3 Å². The number of para-hydroxylation sites is 1. The molecule has 6 nitrogen and oxygen atoms in total. The molecule has 2 aromatic carbocycles. The number of carbonyl (C=O) groups is 1. The van der Waals surface area contributed by atoms with Crippen molar-refractivity contribution in [2.45, 2.75) is 32.2 Å². The lowest BCUT2D eigenvalue weighted by molar-refractivity contribution is 0.0598. The standard InChI is InChI=1S/C22H20FN5OS/c1-14-24-20(26-28(14)16-11-9-15(23)10-12-16)22(29)27-13-5-4-7-18(27)21-25-17-6-2-3-8-19(17)30-21/h2-3,6,8-12,18H,4-5,7,13H2,1H3. The van der Waals surface area contributed by atoms with Crippen molar-refractivity contribution in [3.8, 4) is 5.69 Å². The van der Waals surface area contributed by atoms with Crippen molar-refractivity contribution in [1.29, 1.82) is 0 Å². The molecule has 0 radical (unpaired) electrons. The first-order chi connectivity index (χ1) is 14.6. The minimum Gasteiger partial charge on any atom is -0.326 e. The van der Waals surface area contributed by atoms with E-state index >= 15 is 0 Å². The smallest absolute Gasteiger partial charge is 0.294 e. The van der Waals surface area contributed by atoms with E-state index in [0.29, 0.717) is 18.1 Å². The fourth-order valence-electron chi connectivity index (χ4n) is 3.90. The molecule has 0 saturated carbocycles. The molecule has 0 bridgehead atoms. The highest BCUT2D eigenvalue weighted by Gasteiger charge is 2.33. The topological polar surface area (TPSA) is 63.9 Å². The number of hydrogen-bond acceptors (Lipinski definition) is 5. The van der Waals surface area contributed by atoms with Gasteiger partial charge in [0.25, 0.3) is 5.91 Å². The second-order valence-electron chi connectivity index (χ2n) is 7.40. The van der Waals surface area contributed by atoms with Crippen molar-refractivity contribution in [2.75, 3.05) is 6.54 Å². The average molecular weight is 422 g/mol. The summed E-state index contributed by atoms with van der Waals surface area (Å²) in [4.78, 5) is 24.4. The Morgan fingerprint density at radius 2 is 1.90 bits per heavy atom. The van der Waals surface area contributed by atoms with E-state index in [1.807, 2.05) is 23.1 Å². The summed E-state index contributed by atoms with van der Waals surface area (Å²) in [6.45, 7) is 2.44. The van der Waals surface area contributed by atoms with Gasteiger partial charge in [-0.1, -0.05) is 12.1 Å². The second kappa shape index (κ2) is 7.60. The van der Waals surface area contributed by atoms with Crippen LogP contribution in [0.2, 0.25) is 0 Å². The molecule has 8 heteroatoms. The Morgan fingerprint density at radius 1 is 1.10 bits per heavy atom. The number of likely N-dealkylation sites (tertiary alicyclic amines) is 1. The molecule has 1 atom stereocenters. The number of carbonyl (C=O) groups excluding carboxylic acids is 1. The number of thiazole rings is 1. The molecular formula is C22H20FN5OS. The number of aromatic nitrogens is 4. The third kappa shape index (κ3) is 3.37. The molecule has 2 aromatic heterocycles. The number of amides is 1. The first-order valence-corrected chi connectivity index (χ1v) is 10.8. The zero-order valence-corrected chi connectivity index (χ0v) is 17.3. The summed E-state index contributed by atoms with van der Waals surface area (Å²) in [7, 11) is 0. The van der Waals surface area contributed by atoms with Crippen LogP contribution in [0.1, 0.15) is 46.8 Å². The lowest BCUT2D eigenvalue weighted by atomic mass is 10.0. The highest BCUT2D eigenvalue weighted by atomic mass is 32.1. The molecule has 0 N–H and O–H groups in total. The van der Waals surface area contributed by atoms with Crippen LogP contribution in [-0.4, -0.2) is 37.1 Å². The van der Waals surface area contributed by atoms with Crippen LogP contribution in [0.3, 0.4) is 0 Å². The van der Waals surface area contributed by atoms with Crippen LogP contribution in [-0.2, 0) is 0 Å². The normalized spacial score (nSPS) is 16.9. The molecule has 5 rings (SSSR count). The minimum absolute atomic E-state index is 0.0678. The highest BCUT2D eigenvalue weighted by Crippen LogP contribution is 2.36. The van der Waals surface area contributed by atoms with Gasteiger partial charge in [0.1, 0.15) is 16.6 Å². The zero-order valence-electron chi connectivity index (χ0n) is 16.5. The molecule has 152 valence electrons. The number of piperidine rings is 1. The summed E-state index contributed by atoms with van der Waals surface area (Å²) in [5, 5.41) is 5.39. The lowest BCUT2D eigenvalue weighted by Crippen LogP contribution is -2.39. The van der Waals surface area contributed by atoms with Crippen molar-refractivity contribution in [2.24, 2.45) is 0 Å². The van der Waals surface area contributed by atoms with E-state index in [2.05, 4.69) is 16.1 Å². The molecule has 1 aliphatic rings. The van der Waals surface area contributed by atoms with E-state index in [4.69, 9.17) is 4.98 Å². The molecule has 1 fully saturated rings. The van der Waals surface area contributed by atoms with Gasteiger partial charge in [-0.3, -0.25) is 4.79 Å². The second-order valence-corrected chi connectivity index (χ2v) is 8.46. The number of benzene rings is 2. The number of halogens is 1. The number of rotatable bonds is 3. The van der Waals surface area contributed by atoms with E-state index in [1.165, 1.54) is 12.1 Å². The first kappa shape index (κ1) is 18.9. The molecule has 30 heavy (non-hydrogen) atoms. The van der Waals surface area contributed by atoms with Crippen LogP contribution in [0.15, 0.2) is 48.5 Å². The summed E-state index contributed by atoms with van der Waals surface area (Å²) < 4.78 is 15.9. The lowest BCUT2D eigenvalue weighted by Gasteiger charge is -2.33. The summed E-state index contributed by atoms with van der Waals surface area (Å²) in [6, 6.07) is 13.9. The maximum atomic E-state index is 13.4. The molecule has 0 spiro atoms. The minimum atomic E-state index is -0.320. The maximum absolute atomic E-state index is 13.4. The molecule has 1 amide bonds. The number of aryl methyl sites for hydroxylation is 1. The van der Waals surface area contributed by atoms with Gasteiger partial charge >= 0.3 is 0 Å². The van der Waals surface area contributed by atoms with Crippen molar-refractivity contribution < 1.29 is 9.18 Å². The maximum Gasteiger partial charge on any atom is 0.294 e. The fraction of sp³-hybridized carbons (Fsp3) is 0.273. The van der Waals surface area contributed by atoms with E-state index in [0.717, 1.165) is 34.5 Å². The summed E-state index contributed by atoms with van der Waals surface area (Å²) in [6.07, 6.45) is 2.88. The Morgan fingerprint density at radius 3 is 2.70 bits per heavy atom. The van der Waals surface area contributed by atoms with E-state index in [9.17, 15) is 9.18 Å². The molecular weight excluding hydrogens is 401 g/mol. The SMILES string of the molecule is Cc1nc(C(=O)N2CCCCC2c2nc3ccccc3s2)nn1-c1ccc(F)cc1. The Labute approximate surface area is 177 Å². The van der Waals surface area contributed by atoms with Gasteiger partial charge in [0, 0.05) is 6.54 Å². The van der Waals surface area contributed by atoms with Gasteiger partial charge in [-0.15, -0.1) is 16.4 Å². The van der Waals surface area contributed by atoms with Crippen LogP contribution in [0.4, 0.5) is 4.39 Å². The van der Waals surface area contributed by atoms with Gasteiger partial charge < -0.3 is 4.90 Å². The molecule has 1 aliphatic heterocycles. The monoisotopic (exact) mass is 421 g/mol. The van der Waals surface area contributed by atoms with Gasteiger partial charge in [0.2, 0.25) is 5.82 Å². The highest BCUT2D eigenvalue weighted by molar-refractivity contribution is 7.18. The first-order valence-electron chi connectivity index (χ1n) is 9.96. The fourth-order valence-corrected chi connectivity index (χ4v) is 5.02. The Hall–Kier alpha value is -3.13. The van der Waals surface area contributed by atoms with Gasteiger partial charge in [-0.25, -0.2) is 19.0 Å². The Bertz CT molecular complexity index is 1180. The summed E-state index contributed by atoms with van der Waals surface area (Å²) >= 11 is 1.64. The van der Waals surface area contributed by atoms with Crippen LogP contribution in [0.5, 0.6) is 0 Å². The molecule has 1 saturated heterocycles. The van der Waals surface area contributed by atoms with Gasteiger partial charge in [-0.2, -0.15) is 0 Å². The average Bonchev–Trinajstić information content (AvgIpc) is 3.37. The Balaban J connectivity index is 1.46. The van der Waals surface area contributed by atoms with Crippen molar-refractivity contribution in [3.05, 3.63) is 71.0 Å². The number of hydrogen-bond donors (Lipinski definition) is 0. The van der Waals surface area contributed by atoms with Crippen LogP contribution < -0.4 is 0 Å². The predicted octanol–water partition coefficient (Wildman–Crippen LogP) is 4.69. The number of fused-ring (bicyclic) bond motifs is 1. The molecule has 1 unspecified atom stereocenters. The van der Waals surface area contributed by atoms with Gasteiger partial charge in [-0.05, 0) is 62.6 Å². The third-order valence-electron chi connectivity index (χ3n) is 5.39. The van der Waals surface area contributed by atoms with Crippen molar-refractivity contribution >= 4 is 27.5 Å². The van der Waals surface area contributed by atoms with Crippen LogP contribution in [0.25, 0.3) is 15.9 Å². The third-order valence-corrected chi connectivity index (χ3v) is 6.53. The summed E-state index contributed by atoms with van der Waals surface area (Å²) in [5.74, 6) is 0.228. The molecule has 3 heterocycles. The van der Waals surface area contributed by atoms with E-state index in [1.54, 1.807) is 35.1 Å². The largest absolute Gasteiger partial charge is 0.326 e. The van der Waals surface area contributed by atoms with E-state index < -0.39 is 0 Å². The quantitative estimate of drug-likeness (QED) is 0.481. The van der Waals surface area contributed by atoms with Crippen molar-refractivity contribution in [3.63, 3.8) is 0 Å². The van der Waals surface area contributed by atoms with E-state index in [-0.39, 0.29) is 23.6 Å². The Kier molecular flexibility index (Phi) is 4.78. The molecule has 0 aliphatic carbocycles. The van der Waals surface area contributed by atoms with Gasteiger partial charge in [0.15, 0.2) is 0 Å². The predicted molar refractivity (Wildman–Crippen MR) is 113 cm³/mol. The summed E-state index contributed by atoms with van der Waals surface area (Å²) in [5.41, 5.74) is 1.63. The van der Waals surface area contributed by atoms with Crippen LogP contribution in [0, 0.1) is 12.7 Å². The zero-order chi connectivity index (χ0) is 20.7. The molecule has 4 aromatic rings.